The van der Waals surface area contributed by atoms with Crippen molar-refractivity contribution < 1.29 is 19.8 Å². The summed E-state index contributed by atoms with van der Waals surface area (Å²) in [7, 11) is 0. The minimum atomic E-state index is -1.21. The van der Waals surface area contributed by atoms with Crippen LogP contribution >= 0.6 is 0 Å². The van der Waals surface area contributed by atoms with Crippen molar-refractivity contribution in [2.24, 2.45) is 5.92 Å². The molecule has 4 nitrogen and oxygen atoms in total. The van der Waals surface area contributed by atoms with Crippen molar-refractivity contribution in [3.63, 3.8) is 0 Å². The minimum absolute atomic E-state index is 0.182. The van der Waals surface area contributed by atoms with Crippen LogP contribution in [0.5, 0.6) is 0 Å². The fourth-order valence-corrected chi connectivity index (χ4v) is 2.16. The average Bonchev–Trinajstić information content (AvgIpc) is 2.93. The Balaban J connectivity index is 2.44. The van der Waals surface area contributed by atoms with E-state index in [-0.39, 0.29) is 6.42 Å². The largest absolute Gasteiger partial charge is 0.481 e. The molecule has 1 aromatic rings. The number of rotatable bonds is 3. The highest BCUT2D eigenvalue weighted by Gasteiger charge is 2.65. The molecule has 2 unspecified atom stereocenters. The van der Waals surface area contributed by atoms with Crippen molar-refractivity contribution in [2.45, 2.75) is 18.8 Å². The third kappa shape index (κ3) is 1.38. The normalized spacial score (nSPS) is 27.4. The van der Waals surface area contributed by atoms with Gasteiger partial charge in [0.15, 0.2) is 0 Å². The van der Waals surface area contributed by atoms with E-state index in [9.17, 15) is 14.7 Å². The molecule has 0 aliphatic heterocycles. The van der Waals surface area contributed by atoms with Gasteiger partial charge in [-0.3, -0.25) is 9.59 Å². The van der Waals surface area contributed by atoms with Gasteiger partial charge in [-0.25, -0.2) is 0 Å². The third-order valence-corrected chi connectivity index (χ3v) is 3.17. The average molecular weight is 220 g/mol. The van der Waals surface area contributed by atoms with E-state index < -0.39 is 23.3 Å². The number of carbonyl (C=O) groups is 2. The summed E-state index contributed by atoms with van der Waals surface area (Å²) in [6.07, 6.45) is 0.182. The molecule has 0 radical (unpaired) electrons. The summed E-state index contributed by atoms with van der Waals surface area (Å²) >= 11 is 0. The first-order valence-electron chi connectivity index (χ1n) is 5.02. The van der Waals surface area contributed by atoms with Crippen LogP contribution in [0.4, 0.5) is 0 Å². The van der Waals surface area contributed by atoms with Crippen LogP contribution < -0.4 is 0 Å². The molecular weight excluding hydrogens is 208 g/mol. The highest BCUT2D eigenvalue weighted by atomic mass is 16.4. The summed E-state index contributed by atoms with van der Waals surface area (Å²) in [5, 5.41) is 18.1. The number of aliphatic carboxylic acids is 2. The van der Waals surface area contributed by atoms with Crippen LogP contribution in [0.2, 0.25) is 0 Å². The molecule has 2 atom stereocenters. The molecule has 1 aliphatic carbocycles. The van der Waals surface area contributed by atoms with Crippen molar-refractivity contribution in [3.05, 3.63) is 35.4 Å². The first-order chi connectivity index (χ1) is 7.48. The van der Waals surface area contributed by atoms with Crippen LogP contribution in [0.1, 0.15) is 17.5 Å². The van der Waals surface area contributed by atoms with Gasteiger partial charge >= 0.3 is 11.9 Å². The topological polar surface area (TPSA) is 74.6 Å². The van der Waals surface area contributed by atoms with Crippen LogP contribution in [0, 0.1) is 12.8 Å². The number of aryl methyl sites for hydroxylation is 1. The van der Waals surface area contributed by atoms with Gasteiger partial charge in [0.1, 0.15) is 5.41 Å². The number of hydrogen-bond donors (Lipinski definition) is 2. The number of carboxylic acids is 2. The highest BCUT2D eigenvalue weighted by Crippen LogP contribution is 2.54. The Morgan fingerprint density at radius 1 is 1.38 bits per heavy atom. The molecule has 1 aromatic carbocycles. The summed E-state index contributed by atoms with van der Waals surface area (Å²) < 4.78 is 0. The first kappa shape index (κ1) is 10.7. The maximum absolute atomic E-state index is 11.2. The second kappa shape index (κ2) is 3.33. The summed E-state index contributed by atoms with van der Waals surface area (Å²) in [4.78, 5) is 22.1. The minimum Gasteiger partial charge on any atom is -0.481 e. The van der Waals surface area contributed by atoms with E-state index in [1.807, 2.05) is 13.0 Å². The standard InChI is InChI=1S/C12H12O4/c1-7-3-2-4-8(5-7)12(11(15)16)6-9(12)10(13)14/h2-5,9H,6H2,1H3,(H,13,14)(H,15,16). The molecule has 0 amide bonds. The van der Waals surface area contributed by atoms with Crippen molar-refractivity contribution in [1.29, 1.82) is 0 Å². The maximum atomic E-state index is 11.2. The first-order valence-corrected chi connectivity index (χ1v) is 5.02. The number of benzene rings is 1. The van der Waals surface area contributed by atoms with Gasteiger partial charge in [0.2, 0.25) is 0 Å². The van der Waals surface area contributed by atoms with E-state index in [1.165, 1.54) is 0 Å². The van der Waals surface area contributed by atoms with Crippen molar-refractivity contribution in [1.82, 2.24) is 0 Å². The molecule has 1 saturated carbocycles. The predicted octanol–water partition coefficient (Wildman–Crippen LogP) is 1.42. The van der Waals surface area contributed by atoms with Crippen molar-refractivity contribution >= 4 is 11.9 Å². The summed E-state index contributed by atoms with van der Waals surface area (Å²) in [6.45, 7) is 1.86. The molecule has 1 fully saturated rings. The maximum Gasteiger partial charge on any atom is 0.315 e. The second-order valence-corrected chi connectivity index (χ2v) is 4.24. The van der Waals surface area contributed by atoms with Crippen LogP contribution in [0.25, 0.3) is 0 Å². The molecule has 84 valence electrons. The van der Waals surface area contributed by atoms with Gasteiger partial charge in [0.25, 0.3) is 0 Å². The molecular formula is C12H12O4. The molecule has 16 heavy (non-hydrogen) atoms. The Morgan fingerprint density at radius 3 is 2.50 bits per heavy atom. The molecule has 0 saturated heterocycles. The Labute approximate surface area is 92.5 Å². The quantitative estimate of drug-likeness (QED) is 0.807. The van der Waals surface area contributed by atoms with Gasteiger partial charge in [-0.05, 0) is 18.9 Å². The molecule has 1 aliphatic rings. The lowest BCUT2D eigenvalue weighted by molar-refractivity contribution is -0.145. The summed E-state index contributed by atoms with van der Waals surface area (Å²) in [6, 6.07) is 7.05. The monoisotopic (exact) mass is 220 g/mol. The van der Waals surface area contributed by atoms with E-state index in [0.717, 1.165) is 5.56 Å². The van der Waals surface area contributed by atoms with Gasteiger partial charge in [-0.15, -0.1) is 0 Å². The fourth-order valence-electron chi connectivity index (χ4n) is 2.16. The summed E-state index contributed by atoms with van der Waals surface area (Å²) in [5.41, 5.74) is 0.319. The van der Waals surface area contributed by atoms with E-state index in [0.29, 0.717) is 5.56 Å². The molecule has 0 bridgehead atoms. The fraction of sp³-hybridized carbons (Fsp3) is 0.333. The van der Waals surface area contributed by atoms with Gasteiger partial charge in [0.05, 0.1) is 5.92 Å². The molecule has 0 spiro atoms. The van der Waals surface area contributed by atoms with E-state index >= 15 is 0 Å². The predicted molar refractivity (Wildman–Crippen MR) is 56.2 cm³/mol. The molecule has 2 N–H and O–H groups in total. The van der Waals surface area contributed by atoms with Gasteiger partial charge in [-0.1, -0.05) is 29.8 Å². The molecule has 4 heteroatoms. The number of hydrogen-bond acceptors (Lipinski definition) is 2. The highest BCUT2D eigenvalue weighted by molar-refractivity contribution is 5.94. The van der Waals surface area contributed by atoms with Gasteiger partial charge in [0, 0.05) is 0 Å². The SMILES string of the molecule is Cc1cccc(C2(C(=O)O)CC2C(=O)O)c1. The second-order valence-electron chi connectivity index (χ2n) is 4.24. The smallest absolute Gasteiger partial charge is 0.315 e. The lowest BCUT2D eigenvalue weighted by Crippen LogP contribution is -2.25. The Kier molecular flexibility index (Phi) is 2.22. The van der Waals surface area contributed by atoms with E-state index in [4.69, 9.17) is 5.11 Å². The zero-order valence-corrected chi connectivity index (χ0v) is 8.80. The zero-order chi connectivity index (χ0) is 11.9. The molecule has 2 rings (SSSR count). The summed E-state index contributed by atoms with van der Waals surface area (Å²) in [5.74, 6) is -2.89. The zero-order valence-electron chi connectivity index (χ0n) is 8.80. The van der Waals surface area contributed by atoms with Crippen LogP contribution in [-0.4, -0.2) is 22.2 Å². The van der Waals surface area contributed by atoms with E-state index in [1.54, 1.807) is 18.2 Å². The van der Waals surface area contributed by atoms with Crippen LogP contribution in [-0.2, 0) is 15.0 Å². The van der Waals surface area contributed by atoms with E-state index in [2.05, 4.69) is 0 Å². The van der Waals surface area contributed by atoms with Crippen molar-refractivity contribution in [3.8, 4) is 0 Å². The molecule has 0 aromatic heterocycles. The lowest BCUT2D eigenvalue weighted by Gasteiger charge is -2.12. The lowest BCUT2D eigenvalue weighted by atomic mass is 9.92. The Hall–Kier alpha value is -1.84. The Morgan fingerprint density at radius 2 is 2.06 bits per heavy atom. The van der Waals surface area contributed by atoms with Gasteiger partial charge in [-0.2, -0.15) is 0 Å². The van der Waals surface area contributed by atoms with Crippen LogP contribution in [0.15, 0.2) is 24.3 Å². The van der Waals surface area contributed by atoms with Gasteiger partial charge < -0.3 is 10.2 Å². The Bertz CT molecular complexity index is 466. The molecule has 0 heterocycles. The van der Waals surface area contributed by atoms with Crippen molar-refractivity contribution in [2.75, 3.05) is 0 Å². The number of carboxylic acid groups (broad SMARTS) is 2. The van der Waals surface area contributed by atoms with Crippen LogP contribution in [0.3, 0.4) is 0 Å². The third-order valence-electron chi connectivity index (χ3n) is 3.17.